The number of fused-ring (bicyclic) bond motifs is 1. The van der Waals surface area contributed by atoms with E-state index in [1.165, 1.54) is 5.57 Å². The molecule has 1 atom stereocenters. The average molecular weight is 294 g/mol. The first-order chi connectivity index (χ1) is 10.1. The van der Waals surface area contributed by atoms with Crippen molar-refractivity contribution in [1.82, 2.24) is 10.2 Å². The Morgan fingerprint density at radius 1 is 1.43 bits per heavy atom. The van der Waals surface area contributed by atoms with E-state index in [1.54, 1.807) is 7.11 Å². The number of amides is 2. The maximum atomic E-state index is 12.6. The fraction of sp³-hybridized carbons (Fsp3) is 0.750. The van der Waals surface area contributed by atoms with Gasteiger partial charge >= 0.3 is 0 Å². The summed E-state index contributed by atoms with van der Waals surface area (Å²) < 4.78 is 4.92. The second kappa shape index (κ2) is 7.07. The molecule has 2 amide bonds. The third kappa shape index (κ3) is 3.46. The molecule has 0 bridgehead atoms. The molecule has 21 heavy (non-hydrogen) atoms. The number of carbonyl (C=O) groups is 2. The number of ether oxygens (including phenoxy) is 1. The lowest BCUT2D eigenvalue weighted by Crippen LogP contribution is -2.41. The number of carbonyl (C=O) groups excluding carboxylic acids is 2. The Labute approximate surface area is 126 Å². The van der Waals surface area contributed by atoms with E-state index in [1.807, 2.05) is 18.7 Å². The van der Waals surface area contributed by atoms with Gasteiger partial charge in [-0.15, -0.1) is 0 Å². The van der Waals surface area contributed by atoms with Gasteiger partial charge in [-0.2, -0.15) is 0 Å². The van der Waals surface area contributed by atoms with E-state index in [4.69, 9.17) is 4.74 Å². The van der Waals surface area contributed by atoms with Crippen molar-refractivity contribution in [3.63, 3.8) is 0 Å². The van der Waals surface area contributed by atoms with Gasteiger partial charge in [0.1, 0.15) is 0 Å². The van der Waals surface area contributed by atoms with E-state index in [0.717, 1.165) is 31.3 Å². The lowest BCUT2D eigenvalue weighted by atomic mass is 9.88. The van der Waals surface area contributed by atoms with E-state index in [2.05, 4.69) is 5.32 Å². The third-order valence-corrected chi connectivity index (χ3v) is 4.31. The molecular formula is C16H26N2O3. The van der Waals surface area contributed by atoms with Crippen LogP contribution in [0.4, 0.5) is 0 Å². The molecule has 0 radical (unpaired) electrons. The van der Waals surface area contributed by atoms with Crippen LogP contribution in [-0.2, 0) is 14.3 Å². The van der Waals surface area contributed by atoms with Crippen LogP contribution in [0.3, 0.4) is 0 Å². The monoisotopic (exact) mass is 294 g/mol. The van der Waals surface area contributed by atoms with Gasteiger partial charge in [0, 0.05) is 25.3 Å². The summed E-state index contributed by atoms with van der Waals surface area (Å²) in [6, 6.07) is 0.415. The molecule has 1 unspecified atom stereocenters. The zero-order chi connectivity index (χ0) is 15.4. The van der Waals surface area contributed by atoms with Crippen LogP contribution in [0, 0.1) is 0 Å². The van der Waals surface area contributed by atoms with Crippen LogP contribution >= 0.6 is 0 Å². The Balaban J connectivity index is 2.08. The highest BCUT2D eigenvalue weighted by molar-refractivity contribution is 6.02. The van der Waals surface area contributed by atoms with Gasteiger partial charge in [0.05, 0.1) is 19.1 Å². The number of hydrogen-bond donors (Lipinski definition) is 1. The lowest BCUT2D eigenvalue weighted by Gasteiger charge is -2.33. The first kappa shape index (κ1) is 16.0. The standard InChI is InChI=1S/C16H26N2O3/c1-11(2)18-14-7-5-4-6-12(14)13(16(18)20)10-15(19)17-8-9-21-3/h11,14H,4-10H2,1-3H3,(H,17,19). The number of nitrogens with one attached hydrogen (secondary N) is 1. The fourth-order valence-electron chi connectivity index (χ4n) is 3.39. The van der Waals surface area contributed by atoms with Crippen LogP contribution < -0.4 is 5.32 Å². The van der Waals surface area contributed by atoms with Gasteiger partial charge in [0.25, 0.3) is 5.91 Å². The summed E-state index contributed by atoms with van der Waals surface area (Å²) in [6.45, 7) is 5.08. The molecule has 0 aromatic rings. The molecule has 0 saturated heterocycles. The Kier molecular flexibility index (Phi) is 5.39. The molecule has 5 nitrogen and oxygen atoms in total. The molecular weight excluding hydrogens is 268 g/mol. The average Bonchev–Trinajstić information content (AvgIpc) is 2.72. The van der Waals surface area contributed by atoms with Crippen molar-refractivity contribution in [3.05, 3.63) is 11.1 Å². The molecule has 118 valence electrons. The van der Waals surface area contributed by atoms with Gasteiger partial charge in [-0.1, -0.05) is 6.42 Å². The highest BCUT2D eigenvalue weighted by atomic mass is 16.5. The highest BCUT2D eigenvalue weighted by Gasteiger charge is 2.41. The maximum Gasteiger partial charge on any atom is 0.251 e. The quantitative estimate of drug-likeness (QED) is 0.758. The molecule has 0 aromatic carbocycles. The van der Waals surface area contributed by atoms with Gasteiger partial charge in [0.2, 0.25) is 5.91 Å². The molecule has 0 spiro atoms. The summed E-state index contributed by atoms with van der Waals surface area (Å²) in [5.41, 5.74) is 1.95. The number of rotatable bonds is 6. The second-order valence-electron chi connectivity index (χ2n) is 6.09. The van der Waals surface area contributed by atoms with E-state index < -0.39 is 0 Å². The Hall–Kier alpha value is -1.36. The van der Waals surface area contributed by atoms with Crippen LogP contribution in [0.15, 0.2) is 11.1 Å². The van der Waals surface area contributed by atoms with Gasteiger partial charge in [0.15, 0.2) is 0 Å². The summed E-state index contributed by atoms with van der Waals surface area (Å²) in [5, 5.41) is 2.80. The van der Waals surface area contributed by atoms with Crippen molar-refractivity contribution in [2.75, 3.05) is 20.3 Å². The summed E-state index contributed by atoms with van der Waals surface area (Å²) >= 11 is 0. The zero-order valence-electron chi connectivity index (χ0n) is 13.3. The minimum atomic E-state index is -0.0853. The van der Waals surface area contributed by atoms with Crippen molar-refractivity contribution in [2.24, 2.45) is 0 Å². The SMILES string of the molecule is COCCNC(=O)CC1=C2CCCCC2N(C(C)C)C1=O. The molecule has 5 heteroatoms. The molecule has 1 heterocycles. The summed E-state index contributed by atoms with van der Waals surface area (Å²) in [6.07, 6.45) is 4.49. The molecule has 2 aliphatic rings. The van der Waals surface area contributed by atoms with E-state index in [9.17, 15) is 9.59 Å². The van der Waals surface area contributed by atoms with Crippen LogP contribution in [0.1, 0.15) is 46.0 Å². The molecule has 2 rings (SSSR count). The van der Waals surface area contributed by atoms with Crippen molar-refractivity contribution in [3.8, 4) is 0 Å². The zero-order valence-corrected chi connectivity index (χ0v) is 13.3. The maximum absolute atomic E-state index is 12.6. The molecule has 0 aromatic heterocycles. The minimum absolute atomic E-state index is 0.0637. The second-order valence-corrected chi connectivity index (χ2v) is 6.09. The van der Waals surface area contributed by atoms with E-state index >= 15 is 0 Å². The summed E-state index contributed by atoms with van der Waals surface area (Å²) in [4.78, 5) is 26.6. The lowest BCUT2D eigenvalue weighted by molar-refractivity contribution is -0.130. The minimum Gasteiger partial charge on any atom is -0.383 e. The van der Waals surface area contributed by atoms with Gasteiger partial charge in [-0.25, -0.2) is 0 Å². The van der Waals surface area contributed by atoms with Crippen molar-refractivity contribution < 1.29 is 14.3 Å². The van der Waals surface area contributed by atoms with Gasteiger partial charge in [-0.3, -0.25) is 9.59 Å². The fourth-order valence-corrected chi connectivity index (χ4v) is 3.39. The third-order valence-electron chi connectivity index (χ3n) is 4.31. The summed E-state index contributed by atoms with van der Waals surface area (Å²) in [7, 11) is 1.60. The number of hydrogen-bond acceptors (Lipinski definition) is 3. The predicted octanol–water partition coefficient (Wildman–Crippen LogP) is 1.63. The van der Waals surface area contributed by atoms with Crippen molar-refractivity contribution in [2.45, 2.75) is 58.0 Å². The molecule has 1 N–H and O–H groups in total. The Bertz CT molecular complexity index is 443. The number of methoxy groups -OCH3 is 1. The molecule has 1 saturated carbocycles. The van der Waals surface area contributed by atoms with E-state index in [0.29, 0.717) is 13.2 Å². The van der Waals surface area contributed by atoms with Crippen LogP contribution in [0.25, 0.3) is 0 Å². The smallest absolute Gasteiger partial charge is 0.251 e. The molecule has 1 aliphatic heterocycles. The van der Waals surface area contributed by atoms with Gasteiger partial charge in [-0.05, 0) is 38.7 Å². The first-order valence-corrected chi connectivity index (χ1v) is 7.86. The van der Waals surface area contributed by atoms with Crippen molar-refractivity contribution >= 4 is 11.8 Å². The molecule has 1 fully saturated rings. The Morgan fingerprint density at radius 3 is 2.86 bits per heavy atom. The topological polar surface area (TPSA) is 58.6 Å². The normalized spacial score (nSPS) is 22.0. The Morgan fingerprint density at radius 2 is 2.19 bits per heavy atom. The molecule has 1 aliphatic carbocycles. The summed E-state index contributed by atoms with van der Waals surface area (Å²) in [5.74, 6) is -0.0216. The van der Waals surface area contributed by atoms with Crippen LogP contribution in [-0.4, -0.2) is 49.1 Å². The van der Waals surface area contributed by atoms with Crippen molar-refractivity contribution in [1.29, 1.82) is 0 Å². The van der Waals surface area contributed by atoms with E-state index in [-0.39, 0.29) is 30.3 Å². The van der Waals surface area contributed by atoms with Crippen LogP contribution in [0.2, 0.25) is 0 Å². The van der Waals surface area contributed by atoms with Crippen LogP contribution in [0.5, 0.6) is 0 Å². The highest BCUT2D eigenvalue weighted by Crippen LogP contribution is 2.38. The first-order valence-electron chi connectivity index (χ1n) is 7.86. The predicted molar refractivity (Wildman–Crippen MR) is 80.8 cm³/mol. The largest absolute Gasteiger partial charge is 0.383 e. The number of nitrogens with zero attached hydrogens (tertiary/aromatic N) is 1. The van der Waals surface area contributed by atoms with Gasteiger partial charge < -0.3 is 15.0 Å².